The Bertz CT molecular complexity index is 1370. The van der Waals surface area contributed by atoms with Gasteiger partial charge in [-0.25, -0.2) is 8.42 Å². The van der Waals surface area contributed by atoms with E-state index in [2.05, 4.69) is 10.0 Å². The van der Waals surface area contributed by atoms with Crippen molar-refractivity contribution in [2.45, 2.75) is 39.3 Å². The molecule has 0 spiro atoms. The summed E-state index contributed by atoms with van der Waals surface area (Å²) < 4.78 is 31.3. The number of hydrogen-bond acceptors (Lipinski definition) is 7. The van der Waals surface area contributed by atoms with Crippen LogP contribution in [0, 0.1) is 13.8 Å². The van der Waals surface area contributed by atoms with Crippen molar-refractivity contribution in [2.24, 2.45) is 0 Å². The van der Waals surface area contributed by atoms with Gasteiger partial charge in [0.1, 0.15) is 18.1 Å². The molecule has 9 nitrogen and oxygen atoms in total. The van der Waals surface area contributed by atoms with Crippen LogP contribution in [0.2, 0.25) is 0 Å². The monoisotopic (exact) mass is 542 g/mol. The van der Waals surface area contributed by atoms with Crippen molar-refractivity contribution >= 4 is 21.7 Å². The molecule has 2 unspecified atom stereocenters. The van der Waals surface area contributed by atoms with Gasteiger partial charge >= 0.3 is 5.97 Å². The Labute approximate surface area is 223 Å². The minimum absolute atomic E-state index is 0.00480. The number of aliphatic carboxylic acids is 1. The van der Waals surface area contributed by atoms with Crippen molar-refractivity contribution in [3.05, 3.63) is 76.9 Å². The van der Waals surface area contributed by atoms with Crippen molar-refractivity contribution in [2.75, 3.05) is 24.1 Å². The maximum atomic E-state index is 11.5. The molecule has 0 bridgehead atoms. The molecular formula is C28H34N2O7S. The number of aliphatic hydroxyl groups is 1. The first-order valence-corrected chi connectivity index (χ1v) is 14.0. The maximum absolute atomic E-state index is 11.5. The third-order valence-electron chi connectivity index (χ3n) is 6.05. The predicted octanol–water partition coefficient (Wildman–Crippen LogP) is 3.77. The van der Waals surface area contributed by atoms with Crippen LogP contribution < -0.4 is 14.8 Å². The van der Waals surface area contributed by atoms with E-state index in [9.17, 15) is 23.4 Å². The summed E-state index contributed by atoms with van der Waals surface area (Å²) in [7, 11) is -3.58. The third-order valence-corrected chi connectivity index (χ3v) is 6.64. The number of aliphatic hydroxyl groups excluding tert-OH is 1. The second-order valence-corrected chi connectivity index (χ2v) is 11.1. The number of benzene rings is 3. The van der Waals surface area contributed by atoms with E-state index in [1.165, 1.54) is 18.2 Å². The quantitative estimate of drug-likeness (QED) is 0.172. The molecule has 0 amide bonds. The van der Waals surface area contributed by atoms with Gasteiger partial charge in [-0.3, -0.25) is 9.52 Å². The van der Waals surface area contributed by atoms with Crippen LogP contribution in [0.3, 0.4) is 0 Å². The van der Waals surface area contributed by atoms with E-state index in [1.807, 2.05) is 50.2 Å². The molecule has 10 heteroatoms. The number of hydrogen-bond donors (Lipinski definition) is 5. The lowest BCUT2D eigenvalue weighted by Crippen LogP contribution is -2.35. The number of aryl methyl sites for hydroxylation is 2. The molecule has 2 atom stereocenters. The average Bonchev–Trinajstić information content (AvgIpc) is 2.83. The standard InChI is InChI=1S/C28H34N2O7S/c1-17-13-23(21-7-5-20(6-8-21)15-26(32)33)14-18(2)28(17)37-12-11-29-19(3)27(34)22-9-10-25(31)24(16-22)30-38(4,35)36/h5-10,13-14,16,19,27,29-31,34H,11-12,15H2,1-4H3,(H,32,33). The van der Waals surface area contributed by atoms with Gasteiger partial charge in [-0.2, -0.15) is 0 Å². The number of aromatic hydroxyl groups is 1. The van der Waals surface area contributed by atoms with Gasteiger partial charge in [0.2, 0.25) is 10.0 Å². The number of nitrogens with one attached hydrogen (secondary N) is 2. The lowest BCUT2D eigenvalue weighted by atomic mass is 9.98. The fraction of sp³-hybridized carbons (Fsp3) is 0.321. The minimum Gasteiger partial charge on any atom is -0.506 e. The topological polar surface area (TPSA) is 145 Å². The lowest BCUT2D eigenvalue weighted by Gasteiger charge is -2.22. The van der Waals surface area contributed by atoms with E-state index in [0.717, 1.165) is 39.8 Å². The molecule has 0 radical (unpaired) electrons. The van der Waals surface area contributed by atoms with Crippen LogP contribution in [0.25, 0.3) is 11.1 Å². The highest BCUT2D eigenvalue weighted by Crippen LogP contribution is 2.31. The van der Waals surface area contributed by atoms with Gasteiger partial charge in [0.25, 0.3) is 0 Å². The molecular weight excluding hydrogens is 508 g/mol. The number of ether oxygens (including phenoxy) is 1. The highest BCUT2D eigenvalue weighted by atomic mass is 32.2. The van der Waals surface area contributed by atoms with Crippen molar-refractivity contribution in [3.8, 4) is 22.6 Å². The van der Waals surface area contributed by atoms with E-state index >= 15 is 0 Å². The summed E-state index contributed by atoms with van der Waals surface area (Å²) in [5.74, 6) is -0.311. The van der Waals surface area contributed by atoms with E-state index in [4.69, 9.17) is 9.84 Å². The van der Waals surface area contributed by atoms with Crippen molar-refractivity contribution in [1.29, 1.82) is 0 Å². The molecule has 3 aromatic rings. The van der Waals surface area contributed by atoms with Gasteiger partial charge in [0, 0.05) is 12.6 Å². The van der Waals surface area contributed by atoms with Gasteiger partial charge < -0.3 is 25.4 Å². The van der Waals surface area contributed by atoms with Crippen LogP contribution >= 0.6 is 0 Å². The van der Waals surface area contributed by atoms with Crippen molar-refractivity contribution in [3.63, 3.8) is 0 Å². The Kier molecular flexibility index (Phi) is 9.37. The molecule has 0 aromatic heterocycles. The molecule has 0 saturated carbocycles. The summed E-state index contributed by atoms with van der Waals surface area (Å²) in [6.45, 7) is 6.55. The number of carboxylic acids is 1. The summed E-state index contributed by atoms with van der Waals surface area (Å²) in [5.41, 5.74) is 5.15. The zero-order chi connectivity index (χ0) is 28.0. The first-order valence-electron chi connectivity index (χ1n) is 12.1. The number of carboxylic acid groups (broad SMARTS) is 1. The van der Waals surface area contributed by atoms with Crippen LogP contribution in [0.15, 0.2) is 54.6 Å². The van der Waals surface area contributed by atoms with E-state index < -0.39 is 22.1 Å². The molecule has 0 aliphatic heterocycles. The number of sulfonamides is 1. The minimum atomic E-state index is -3.58. The van der Waals surface area contributed by atoms with E-state index in [0.29, 0.717) is 18.7 Å². The normalized spacial score (nSPS) is 13.1. The highest BCUT2D eigenvalue weighted by Gasteiger charge is 2.18. The highest BCUT2D eigenvalue weighted by molar-refractivity contribution is 7.92. The molecule has 3 rings (SSSR count). The van der Waals surface area contributed by atoms with Crippen LogP contribution in [0.1, 0.15) is 35.3 Å². The summed E-state index contributed by atoms with van der Waals surface area (Å²) >= 11 is 0. The Balaban J connectivity index is 1.58. The van der Waals surface area contributed by atoms with Gasteiger partial charge in [0.15, 0.2) is 0 Å². The molecule has 0 heterocycles. The fourth-order valence-electron chi connectivity index (χ4n) is 4.19. The van der Waals surface area contributed by atoms with Crippen LogP contribution in [0.4, 0.5) is 5.69 Å². The second kappa shape index (κ2) is 12.3. The predicted molar refractivity (Wildman–Crippen MR) is 147 cm³/mol. The number of anilines is 1. The van der Waals surface area contributed by atoms with Gasteiger partial charge in [-0.05, 0) is 78.4 Å². The Morgan fingerprint density at radius 2 is 1.63 bits per heavy atom. The van der Waals surface area contributed by atoms with Crippen molar-refractivity contribution in [1.82, 2.24) is 5.32 Å². The number of phenolic OH excluding ortho intramolecular Hbond substituents is 1. The third kappa shape index (κ3) is 7.95. The summed E-state index contributed by atoms with van der Waals surface area (Å²) in [6, 6.07) is 15.4. The largest absolute Gasteiger partial charge is 0.506 e. The van der Waals surface area contributed by atoms with E-state index in [1.54, 1.807) is 6.92 Å². The van der Waals surface area contributed by atoms with E-state index in [-0.39, 0.29) is 23.9 Å². The molecule has 0 aliphatic carbocycles. The van der Waals surface area contributed by atoms with Gasteiger partial charge in [-0.15, -0.1) is 0 Å². The second-order valence-electron chi connectivity index (χ2n) is 9.39. The van der Waals surface area contributed by atoms with Gasteiger partial charge in [0.05, 0.1) is 24.5 Å². The number of rotatable bonds is 12. The first kappa shape index (κ1) is 29.0. The average molecular weight is 543 g/mol. The molecule has 38 heavy (non-hydrogen) atoms. The number of carbonyl (C=O) groups is 1. The zero-order valence-electron chi connectivity index (χ0n) is 21.9. The molecule has 3 aromatic carbocycles. The first-order chi connectivity index (χ1) is 17.8. The molecule has 204 valence electrons. The van der Waals surface area contributed by atoms with Crippen LogP contribution in [-0.4, -0.2) is 55.2 Å². The number of phenols is 1. The molecule has 0 aliphatic rings. The fourth-order valence-corrected chi connectivity index (χ4v) is 4.76. The zero-order valence-corrected chi connectivity index (χ0v) is 22.7. The van der Waals surface area contributed by atoms with Crippen molar-refractivity contribution < 1.29 is 33.3 Å². The lowest BCUT2D eigenvalue weighted by molar-refractivity contribution is -0.136. The molecule has 0 fully saturated rings. The SMILES string of the molecule is Cc1cc(-c2ccc(CC(=O)O)cc2)cc(C)c1OCCNC(C)C(O)c1ccc(O)c(NS(C)(=O)=O)c1. The Hall–Kier alpha value is -3.60. The summed E-state index contributed by atoms with van der Waals surface area (Å²) in [6.07, 6.45) is 0.0311. The Morgan fingerprint density at radius 1 is 1.00 bits per heavy atom. The summed E-state index contributed by atoms with van der Waals surface area (Å²) in [4.78, 5) is 10.9. The smallest absolute Gasteiger partial charge is 0.307 e. The molecule has 5 N–H and O–H groups in total. The Morgan fingerprint density at radius 3 is 2.21 bits per heavy atom. The molecule has 0 saturated heterocycles. The van der Waals surface area contributed by atoms with Crippen LogP contribution in [-0.2, 0) is 21.2 Å². The summed E-state index contributed by atoms with van der Waals surface area (Å²) in [5, 5.41) is 32.8. The van der Waals surface area contributed by atoms with Gasteiger partial charge in [-0.1, -0.05) is 30.3 Å². The van der Waals surface area contributed by atoms with Crippen LogP contribution in [0.5, 0.6) is 11.5 Å². The maximum Gasteiger partial charge on any atom is 0.307 e.